The van der Waals surface area contributed by atoms with Crippen LogP contribution >= 0.6 is 15.9 Å². The summed E-state index contributed by atoms with van der Waals surface area (Å²) in [4.78, 5) is 18.4. The largest absolute Gasteiger partial charge is 0.490 e. The standard InChI is InChI=1S/C12H10BrN3O4/c1-19-11-3-2-9(4-10(11)16(17)18)20-12-14-6-8(5-13)7-15-12/h2-4,6-7H,5H2,1H3. The Bertz CT molecular complexity index is 619. The Labute approximate surface area is 122 Å². The Kier molecular flexibility index (Phi) is 4.46. The molecule has 0 aliphatic heterocycles. The molecule has 2 aromatic rings. The zero-order valence-corrected chi connectivity index (χ0v) is 12.0. The number of methoxy groups -OCH3 is 1. The molecule has 1 aromatic heterocycles. The van der Waals surface area contributed by atoms with Crippen molar-refractivity contribution in [3.8, 4) is 17.5 Å². The highest BCUT2D eigenvalue weighted by Crippen LogP contribution is 2.32. The van der Waals surface area contributed by atoms with Gasteiger partial charge in [0.1, 0.15) is 5.75 Å². The second kappa shape index (κ2) is 6.29. The molecule has 0 aliphatic rings. The Balaban J connectivity index is 2.24. The first-order valence-electron chi connectivity index (χ1n) is 5.51. The lowest BCUT2D eigenvalue weighted by atomic mass is 10.3. The van der Waals surface area contributed by atoms with Gasteiger partial charge in [-0.3, -0.25) is 10.1 Å². The summed E-state index contributed by atoms with van der Waals surface area (Å²) in [6.45, 7) is 0. The molecule has 7 nitrogen and oxygen atoms in total. The van der Waals surface area contributed by atoms with Crippen molar-refractivity contribution in [1.82, 2.24) is 9.97 Å². The maximum atomic E-state index is 10.9. The first kappa shape index (κ1) is 14.2. The number of ether oxygens (including phenoxy) is 2. The highest BCUT2D eigenvalue weighted by atomic mass is 79.9. The van der Waals surface area contributed by atoms with Gasteiger partial charge in [0.15, 0.2) is 5.75 Å². The second-order valence-electron chi connectivity index (χ2n) is 3.70. The molecule has 2 rings (SSSR count). The van der Waals surface area contributed by atoms with Crippen LogP contribution in [0.5, 0.6) is 17.5 Å². The van der Waals surface area contributed by atoms with Gasteiger partial charge in [-0.15, -0.1) is 0 Å². The van der Waals surface area contributed by atoms with E-state index in [-0.39, 0.29) is 23.2 Å². The van der Waals surface area contributed by atoms with E-state index >= 15 is 0 Å². The van der Waals surface area contributed by atoms with Gasteiger partial charge < -0.3 is 9.47 Å². The summed E-state index contributed by atoms with van der Waals surface area (Å²) >= 11 is 3.28. The van der Waals surface area contributed by atoms with Crippen LogP contribution in [0.3, 0.4) is 0 Å². The van der Waals surface area contributed by atoms with Crippen LogP contribution < -0.4 is 9.47 Å². The molecule has 0 N–H and O–H groups in total. The van der Waals surface area contributed by atoms with Crippen LogP contribution in [-0.4, -0.2) is 22.0 Å². The van der Waals surface area contributed by atoms with Crippen LogP contribution in [0.4, 0.5) is 5.69 Å². The third-order valence-corrected chi connectivity index (χ3v) is 3.04. The second-order valence-corrected chi connectivity index (χ2v) is 4.26. The molecular formula is C12H10BrN3O4. The van der Waals surface area contributed by atoms with E-state index in [0.717, 1.165) is 5.56 Å². The van der Waals surface area contributed by atoms with Crippen LogP contribution in [0.1, 0.15) is 5.56 Å². The number of hydrogen-bond acceptors (Lipinski definition) is 6. The Morgan fingerprint density at radius 3 is 2.60 bits per heavy atom. The monoisotopic (exact) mass is 339 g/mol. The zero-order valence-electron chi connectivity index (χ0n) is 10.4. The van der Waals surface area contributed by atoms with Gasteiger partial charge in [-0.1, -0.05) is 15.9 Å². The number of nitro benzene ring substituents is 1. The molecule has 0 spiro atoms. The van der Waals surface area contributed by atoms with Crippen molar-refractivity contribution in [2.45, 2.75) is 5.33 Å². The zero-order chi connectivity index (χ0) is 14.5. The molecule has 0 amide bonds. The van der Waals surface area contributed by atoms with E-state index in [1.165, 1.54) is 19.2 Å². The van der Waals surface area contributed by atoms with E-state index in [1.807, 2.05) is 0 Å². The average molecular weight is 340 g/mol. The molecule has 1 aromatic carbocycles. The number of benzene rings is 1. The molecule has 0 radical (unpaired) electrons. The predicted molar refractivity (Wildman–Crippen MR) is 74.4 cm³/mol. The number of halogens is 1. The van der Waals surface area contributed by atoms with E-state index in [1.54, 1.807) is 18.5 Å². The summed E-state index contributed by atoms with van der Waals surface area (Å²) in [6.07, 6.45) is 3.21. The number of hydrogen-bond donors (Lipinski definition) is 0. The maximum absolute atomic E-state index is 10.9. The van der Waals surface area contributed by atoms with Crippen molar-refractivity contribution in [3.63, 3.8) is 0 Å². The maximum Gasteiger partial charge on any atom is 0.321 e. The number of alkyl halides is 1. The first-order valence-corrected chi connectivity index (χ1v) is 6.63. The van der Waals surface area contributed by atoms with Gasteiger partial charge in [-0.2, -0.15) is 0 Å². The van der Waals surface area contributed by atoms with Crippen LogP contribution in [0.15, 0.2) is 30.6 Å². The van der Waals surface area contributed by atoms with E-state index in [2.05, 4.69) is 25.9 Å². The molecule has 0 saturated heterocycles. The van der Waals surface area contributed by atoms with E-state index in [4.69, 9.17) is 9.47 Å². The fourth-order valence-corrected chi connectivity index (χ4v) is 1.74. The fourth-order valence-electron chi connectivity index (χ4n) is 1.45. The number of rotatable bonds is 5. The van der Waals surface area contributed by atoms with Crippen LogP contribution in [0.25, 0.3) is 0 Å². The SMILES string of the molecule is COc1ccc(Oc2ncc(CBr)cn2)cc1[N+](=O)[O-]. The Morgan fingerprint density at radius 1 is 1.35 bits per heavy atom. The summed E-state index contributed by atoms with van der Waals surface area (Å²) in [6, 6.07) is 4.39. The fraction of sp³-hybridized carbons (Fsp3) is 0.167. The number of aromatic nitrogens is 2. The molecule has 8 heteroatoms. The summed E-state index contributed by atoms with van der Waals surface area (Å²) in [5.41, 5.74) is 0.722. The van der Waals surface area contributed by atoms with E-state index < -0.39 is 4.92 Å². The van der Waals surface area contributed by atoms with Gasteiger partial charge in [-0.25, -0.2) is 9.97 Å². The van der Waals surface area contributed by atoms with E-state index in [0.29, 0.717) is 5.33 Å². The molecule has 20 heavy (non-hydrogen) atoms. The van der Waals surface area contributed by atoms with Gasteiger partial charge in [0.05, 0.1) is 18.1 Å². The molecule has 0 fully saturated rings. The van der Waals surface area contributed by atoms with Crippen molar-refractivity contribution in [3.05, 3.63) is 46.3 Å². The highest BCUT2D eigenvalue weighted by Gasteiger charge is 2.16. The van der Waals surface area contributed by atoms with Gasteiger partial charge >= 0.3 is 11.7 Å². The first-order chi connectivity index (χ1) is 9.63. The van der Waals surface area contributed by atoms with Gasteiger partial charge in [0.25, 0.3) is 0 Å². The normalized spacial score (nSPS) is 10.1. The quantitative estimate of drug-likeness (QED) is 0.472. The van der Waals surface area contributed by atoms with Gasteiger partial charge in [0.2, 0.25) is 0 Å². The van der Waals surface area contributed by atoms with E-state index in [9.17, 15) is 10.1 Å². The van der Waals surface area contributed by atoms with Gasteiger partial charge in [-0.05, 0) is 17.7 Å². The lowest BCUT2D eigenvalue weighted by Gasteiger charge is -2.06. The molecular weight excluding hydrogens is 330 g/mol. The van der Waals surface area contributed by atoms with Crippen molar-refractivity contribution < 1.29 is 14.4 Å². The number of nitrogens with zero attached hydrogens (tertiary/aromatic N) is 3. The minimum absolute atomic E-state index is 0.120. The van der Waals surface area contributed by atoms with Crippen LogP contribution in [-0.2, 0) is 5.33 Å². The van der Waals surface area contributed by atoms with Gasteiger partial charge in [0, 0.05) is 17.7 Å². The molecule has 0 saturated carbocycles. The molecule has 104 valence electrons. The minimum Gasteiger partial charge on any atom is -0.490 e. The van der Waals surface area contributed by atoms with Crippen molar-refractivity contribution in [2.75, 3.05) is 7.11 Å². The summed E-state index contributed by atoms with van der Waals surface area (Å²) in [5.74, 6) is 0.432. The summed E-state index contributed by atoms with van der Waals surface area (Å²) in [7, 11) is 1.37. The molecule has 0 atom stereocenters. The average Bonchev–Trinajstić information content (AvgIpc) is 2.48. The molecule has 0 unspecified atom stereocenters. The molecule has 0 aliphatic carbocycles. The Hall–Kier alpha value is -2.22. The third-order valence-electron chi connectivity index (χ3n) is 2.39. The van der Waals surface area contributed by atoms with Crippen molar-refractivity contribution >= 4 is 21.6 Å². The lowest BCUT2D eigenvalue weighted by molar-refractivity contribution is -0.385. The topological polar surface area (TPSA) is 87.4 Å². The van der Waals surface area contributed by atoms with Crippen molar-refractivity contribution in [2.24, 2.45) is 0 Å². The third kappa shape index (κ3) is 3.21. The Morgan fingerprint density at radius 2 is 2.05 bits per heavy atom. The van der Waals surface area contributed by atoms with Crippen LogP contribution in [0.2, 0.25) is 0 Å². The predicted octanol–water partition coefficient (Wildman–Crippen LogP) is 3.08. The summed E-state index contributed by atoms with van der Waals surface area (Å²) in [5, 5.41) is 11.5. The molecule has 0 bridgehead atoms. The minimum atomic E-state index is -0.541. The van der Waals surface area contributed by atoms with Crippen molar-refractivity contribution in [1.29, 1.82) is 0 Å². The van der Waals surface area contributed by atoms with Crippen LogP contribution in [0, 0.1) is 10.1 Å². The lowest BCUT2D eigenvalue weighted by Crippen LogP contribution is -1.96. The highest BCUT2D eigenvalue weighted by molar-refractivity contribution is 9.08. The molecule has 1 heterocycles. The smallest absolute Gasteiger partial charge is 0.321 e. The summed E-state index contributed by atoms with van der Waals surface area (Å²) < 4.78 is 10.3. The number of nitro groups is 1.